The lowest BCUT2D eigenvalue weighted by atomic mass is 10.1. The predicted molar refractivity (Wildman–Crippen MR) is 122 cm³/mol. The lowest BCUT2D eigenvalue weighted by Crippen LogP contribution is -2.35. The van der Waals surface area contributed by atoms with E-state index in [0.29, 0.717) is 29.1 Å². The van der Waals surface area contributed by atoms with E-state index in [1.54, 1.807) is 23.1 Å². The van der Waals surface area contributed by atoms with E-state index in [1.165, 1.54) is 23.9 Å². The number of halogens is 2. The Balaban J connectivity index is 1.55. The lowest BCUT2D eigenvalue weighted by Gasteiger charge is -2.29. The smallest absolute Gasteiger partial charge is 0.251 e. The third-order valence-corrected chi connectivity index (χ3v) is 6.48. The Morgan fingerprint density at radius 1 is 1.13 bits per heavy atom. The summed E-state index contributed by atoms with van der Waals surface area (Å²) < 4.78 is 13.4. The van der Waals surface area contributed by atoms with E-state index in [2.05, 4.69) is 5.32 Å². The van der Waals surface area contributed by atoms with Crippen molar-refractivity contribution < 1.29 is 14.0 Å². The minimum absolute atomic E-state index is 0.0879. The number of nitrogens with zero attached hydrogens (tertiary/aromatic N) is 1. The second-order valence-corrected chi connectivity index (χ2v) is 8.78. The molecule has 0 spiro atoms. The third-order valence-electron chi connectivity index (χ3n) is 5.08. The summed E-state index contributed by atoms with van der Waals surface area (Å²) in [5.74, 6) is -0.436. The number of carbonyl (C=O) groups is 2. The van der Waals surface area contributed by atoms with Crippen LogP contribution in [0.15, 0.2) is 65.6 Å². The molecule has 158 valence electrons. The first-order valence-corrected chi connectivity index (χ1v) is 11.1. The number of thioether (sulfide) groups is 1. The average molecular weight is 455 g/mol. The molecule has 3 aromatic rings. The van der Waals surface area contributed by atoms with Crippen LogP contribution < -0.4 is 10.2 Å². The molecule has 3 aromatic carbocycles. The van der Waals surface area contributed by atoms with Gasteiger partial charge in [0.15, 0.2) is 0 Å². The minimum atomic E-state index is -0.429. The van der Waals surface area contributed by atoms with Gasteiger partial charge in [-0.15, -0.1) is 11.8 Å². The number of aryl methyl sites for hydroxylation is 1. The van der Waals surface area contributed by atoms with Gasteiger partial charge in [0.1, 0.15) is 5.82 Å². The van der Waals surface area contributed by atoms with E-state index in [4.69, 9.17) is 11.6 Å². The molecule has 0 radical (unpaired) electrons. The SMILES string of the molecule is Cc1ccc(CNC(=O)c2ccc3c(c2)N(Cc2ccc(F)cc2Cl)C(=O)CS3)cc1. The number of amides is 2. The third kappa shape index (κ3) is 4.92. The van der Waals surface area contributed by atoms with Gasteiger partial charge in [-0.1, -0.05) is 47.5 Å². The fraction of sp³-hybridized carbons (Fsp3) is 0.167. The van der Waals surface area contributed by atoms with E-state index in [9.17, 15) is 14.0 Å². The van der Waals surface area contributed by atoms with E-state index in [-0.39, 0.29) is 23.4 Å². The number of hydrogen-bond donors (Lipinski definition) is 1. The summed E-state index contributed by atoms with van der Waals surface area (Å²) in [5.41, 5.74) is 3.94. The van der Waals surface area contributed by atoms with Crippen LogP contribution in [-0.4, -0.2) is 17.6 Å². The van der Waals surface area contributed by atoms with Gasteiger partial charge in [0, 0.05) is 22.0 Å². The van der Waals surface area contributed by atoms with Crippen molar-refractivity contribution in [3.8, 4) is 0 Å². The number of benzene rings is 3. The van der Waals surface area contributed by atoms with Gasteiger partial charge in [-0.05, 0) is 48.4 Å². The summed E-state index contributed by atoms with van der Waals surface area (Å²) in [4.78, 5) is 27.9. The second kappa shape index (κ2) is 9.12. The average Bonchev–Trinajstić information content (AvgIpc) is 2.76. The molecule has 0 fully saturated rings. The molecule has 0 aromatic heterocycles. The zero-order chi connectivity index (χ0) is 22.0. The van der Waals surface area contributed by atoms with Gasteiger partial charge in [0.25, 0.3) is 5.91 Å². The Kier molecular flexibility index (Phi) is 6.30. The highest BCUT2D eigenvalue weighted by Gasteiger charge is 2.26. The van der Waals surface area contributed by atoms with Gasteiger partial charge in [0.05, 0.1) is 18.0 Å². The summed E-state index contributed by atoms with van der Waals surface area (Å²) in [6, 6.07) is 17.4. The van der Waals surface area contributed by atoms with E-state index in [0.717, 1.165) is 16.0 Å². The number of anilines is 1. The largest absolute Gasteiger partial charge is 0.348 e. The van der Waals surface area contributed by atoms with Crippen LogP contribution in [0.4, 0.5) is 10.1 Å². The van der Waals surface area contributed by atoms with Crippen molar-refractivity contribution in [1.82, 2.24) is 5.32 Å². The van der Waals surface area contributed by atoms with Gasteiger partial charge >= 0.3 is 0 Å². The Morgan fingerprint density at radius 3 is 2.65 bits per heavy atom. The predicted octanol–water partition coefficient (Wildman–Crippen LogP) is 5.36. The molecule has 1 N–H and O–H groups in total. The van der Waals surface area contributed by atoms with Crippen LogP contribution >= 0.6 is 23.4 Å². The van der Waals surface area contributed by atoms with E-state index in [1.807, 2.05) is 37.3 Å². The first-order valence-electron chi connectivity index (χ1n) is 9.75. The van der Waals surface area contributed by atoms with Crippen molar-refractivity contribution in [3.63, 3.8) is 0 Å². The fourth-order valence-electron chi connectivity index (χ4n) is 3.33. The van der Waals surface area contributed by atoms with Crippen LogP contribution in [0.1, 0.15) is 27.0 Å². The standard InChI is InChI=1S/C24H20ClFN2O2S/c1-15-2-4-16(5-3-15)12-27-24(30)17-7-9-22-21(10-17)28(23(29)14-31-22)13-18-6-8-19(26)11-20(18)25/h2-11H,12-14H2,1H3,(H,27,30). The molecule has 4 rings (SSSR count). The number of rotatable bonds is 5. The van der Waals surface area contributed by atoms with Gasteiger partial charge in [-0.3, -0.25) is 9.59 Å². The maximum absolute atomic E-state index is 13.4. The number of carbonyl (C=O) groups excluding carboxylic acids is 2. The molecule has 0 bridgehead atoms. The Morgan fingerprint density at radius 2 is 1.90 bits per heavy atom. The van der Waals surface area contributed by atoms with Crippen LogP contribution in [0, 0.1) is 12.7 Å². The first-order chi connectivity index (χ1) is 14.9. The summed E-state index contributed by atoms with van der Waals surface area (Å²) in [6.45, 7) is 2.64. The van der Waals surface area contributed by atoms with Crippen molar-refractivity contribution in [2.75, 3.05) is 10.7 Å². The molecule has 4 nitrogen and oxygen atoms in total. The highest BCUT2D eigenvalue weighted by atomic mass is 35.5. The summed E-state index contributed by atoms with van der Waals surface area (Å²) in [7, 11) is 0. The van der Waals surface area contributed by atoms with Gasteiger partial charge in [-0.25, -0.2) is 4.39 Å². The van der Waals surface area contributed by atoms with Gasteiger partial charge in [-0.2, -0.15) is 0 Å². The Labute approximate surface area is 189 Å². The van der Waals surface area contributed by atoms with Crippen molar-refractivity contribution in [2.24, 2.45) is 0 Å². The zero-order valence-electron chi connectivity index (χ0n) is 16.8. The molecular weight excluding hydrogens is 435 g/mol. The summed E-state index contributed by atoms with van der Waals surface area (Å²) >= 11 is 7.60. The molecule has 2 amide bonds. The topological polar surface area (TPSA) is 49.4 Å². The summed E-state index contributed by atoms with van der Waals surface area (Å²) in [5, 5.41) is 3.18. The first kappa shape index (κ1) is 21.4. The minimum Gasteiger partial charge on any atom is -0.348 e. The zero-order valence-corrected chi connectivity index (χ0v) is 18.4. The van der Waals surface area contributed by atoms with Crippen molar-refractivity contribution in [2.45, 2.75) is 24.9 Å². The van der Waals surface area contributed by atoms with E-state index >= 15 is 0 Å². The van der Waals surface area contributed by atoms with Crippen LogP contribution in [0.2, 0.25) is 5.02 Å². The molecule has 0 saturated heterocycles. The number of nitrogens with one attached hydrogen (secondary N) is 1. The molecule has 7 heteroatoms. The molecular formula is C24H20ClFN2O2S. The van der Waals surface area contributed by atoms with Crippen LogP contribution in [0.5, 0.6) is 0 Å². The highest BCUT2D eigenvalue weighted by Crippen LogP contribution is 2.37. The summed E-state index contributed by atoms with van der Waals surface area (Å²) in [6.07, 6.45) is 0. The fourth-order valence-corrected chi connectivity index (χ4v) is 4.47. The second-order valence-electron chi connectivity index (χ2n) is 7.36. The maximum Gasteiger partial charge on any atom is 0.251 e. The quantitative estimate of drug-likeness (QED) is 0.564. The molecule has 0 unspecified atom stereocenters. The molecule has 1 heterocycles. The molecule has 0 aliphatic carbocycles. The Bertz CT molecular complexity index is 1150. The molecule has 0 saturated carbocycles. The molecule has 1 aliphatic heterocycles. The molecule has 31 heavy (non-hydrogen) atoms. The molecule has 0 atom stereocenters. The monoisotopic (exact) mass is 454 g/mol. The van der Waals surface area contributed by atoms with E-state index < -0.39 is 5.82 Å². The van der Waals surface area contributed by atoms with Crippen molar-refractivity contribution >= 4 is 40.9 Å². The van der Waals surface area contributed by atoms with Gasteiger partial charge < -0.3 is 10.2 Å². The molecule has 1 aliphatic rings. The highest BCUT2D eigenvalue weighted by molar-refractivity contribution is 8.00. The van der Waals surface area contributed by atoms with Crippen LogP contribution in [-0.2, 0) is 17.9 Å². The Hall–Kier alpha value is -2.83. The maximum atomic E-state index is 13.4. The van der Waals surface area contributed by atoms with Gasteiger partial charge in [0.2, 0.25) is 5.91 Å². The normalized spacial score (nSPS) is 13.1. The van der Waals surface area contributed by atoms with Crippen molar-refractivity contribution in [1.29, 1.82) is 0 Å². The lowest BCUT2D eigenvalue weighted by molar-refractivity contribution is -0.116. The number of fused-ring (bicyclic) bond motifs is 1. The van der Waals surface area contributed by atoms with Crippen molar-refractivity contribution in [3.05, 3.63) is 93.8 Å². The number of hydrogen-bond acceptors (Lipinski definition) is 3. The van der Waals surface area contributed by atoms with Crippen LogP contribution in [0.3, 0.4) is 0 Å². The van der Waals surface area contributed by atoms with Crippen LogP contribution in [0.25, 0.3) is 0 Å².